The van der Waals surface area contributed by atoms with Gasteiger partial charge in [0.1, 0.15) is 12.0 Å². The van der Waals surface area contributed by atoms with Crippen LogP contribution in [0.4, 0.5) is 11.5 Å². The topological polar surface area (TPSA) is 81.0 Å². The van der Waals surface area contributed by atoms with Crippen LogP contribution < -0.4 is 5.32 Å². The number of anilines is 1. The van der Waals surface area contributed by atoms with E-state index in [0.717, 1.165) is 17.1 Å². The fraction of sp³-hybridized carbons (Fsp3) is 0.333. The van der Waals surface area contributed by atoms with Crippen LogP contribution in [0.5, 0.6) is 0 Å². The highest BCUT2D eigenvalue weighted by Crippen LogP contribution is 2.18. The second-order valence-corrected chi connectivity index (χ2v) is 5.12. The standard InChI is InChI=1S/C12H14N4O2S/c1-8-5-11(14-6-10(8)16(17)18)13-4-3-12-15-9(2)7-19-12/h5-7H,3-4H2,1-2H3,(H,13,14). The molecule has 0 saturated carbocycles. The lowest BCUT2D eigenvalue weighted by molar-refractivity contribution is -0.385. The Morgan fingerprint density at radius 1 is 1.47 bits per heavy atom. The normalized spacial score (nSPS) is 10.4. The molecule has 0 saturated heterocycles. The van der Waals surface area contributed by atoms with E-state index in [1.54, 1.807) is 24.3 Å². The zero-order valence-corrected chi connectivity index (χ0v) is 11.5. The molecule has 0 radical (unpaired) electrons. The summed E-state index contributed by atoms with van der Waals surface area (Å²) in [6.07, 6.45) is 2.10. The maximum atomic E-state index is 10.7. The summed E-state index contributed by atoms with van der Waals surface area (Å²) in [6.45, 7) is 4.38. The van der Waals surface area contributed by atoms with Crippen LogP contribution in [0.3, 0.4) is 0 Å². The lowest BCUT2D eigenvalue weighted by Crippen LogP contribution is -2.07. The van der Waals surface area contributed by atoms with Crippen LogP contribution in [0.1, 0.15) is 16.3 Å². The number of nitrogens with one attached hydrogen (secondary N) is 1. The summed E-state index contributed by atoms with van der Waals surface area (Å²) >= 11 is 1.63. The van der Waals surface area contributed by atoms with Crippen LogP contribution in [-0.2, 0) is 6.42 Å². The molecule has 0 aliphatic rings. The number of hydrogen-bond donors (Lipinski definition) is 1. The van der Waals surface area contributed by atoms with E-state index in [1.807, 2.05) is 12.3 Å². The van der Waals surface area contributed by atoms with E-state index >= 15 is 0 Å². The highest BCUT2D eigenvalue weighted by atomic mass is 32.1. The quantitative estimate of drug-likeness (QED) is 0.671. The van der Waals surface area contributed by atoms with Crippen molar-refractivity contribution in [1.29, 1.82) is 0 Å². The maximum Gasteiger partial charge on any atom is 0.290 e. The molecule has 100 valence electrons. The molecule has 0 spiro atoms. The Labute approximate surface area is 114 Å². The smallest absolute Gasteiger partial charge is 0.290 e. The van der Waals surface area contributed by atoms with E-state index in [2.05, 4.69) is 15.3 Å². The summed E-state index contributed by atoms with van der Waals surface area (Å²) in [5.74, 6) is 0.649. The highest BCUT2D eigenvalue weighted by Gasteiger charge is 2.11. The van der Waals surface area contributed by atoms with Crippen molar-refractivity contribution >= 4 is 22.8 Å². The van der Waals surface area contributed by atoms with Crippen molar-refractivity contribution in [2.24, 2.45) is 0 Å². The SMILES string of the molecule is Cc1csc(CCNc2cc(C)c([N+](=O)[O-])cn2)n1. The third kappa shape index (κ3) is 3.47. The molecule has 0 atom stereocenters. The van der Waals surface area contributed by atoms with Gasteiger partial charge in [0.15, 0.2) is 0 Å². The largest absolute Gasteiger partial charge is 0.370 e. The minimum Gasteiger partial charge on any atom is -0.370 e. The molecular formula is C12H14N4O2S. The Balaban J connectivity index is 1.93. The van der Waals surface area contributed by atoms with Crippen LogP contribution >= 0.6 is 11.3 Å². The highest BCUT2D eigenvalue weighted by molar-refractivity contribution is 7.09. The molecule has 2 rings (SSSR count). The fourth-order valence-corrected chi connectivity index (χ4v) is 2.43. The molecule has 2 aromatic heterocycles. The minimum atomic E-state index is -0.426. The Morgan fingerprint density at radius 3 is 2.84 bits per heavy atom. The third-order valence-electron chi connectivity index (χ3n) is 2.59. The van der Waals surface area contributed by atoms with Crippen LogP contribution in [0, 0.1) is 24.0 Å². The lowest BCUT2D eigenvalue weighted by Gasteiger charge is -2.05. The van der Waals surface area contributed by atoms with Crippen LogP contribution in [0.15, 0.2) is 17.6 Å². The zero-order chi connectivity index (χ0) is 13.8. The van der Waals surface area contributed by atoms with Gasteiger partial charge >= 0.3 is 0 Å². The van der Waals surface area contributed by atoms with Crippen molar-refractivity contribution in [3.63, 3.8) is 0 Å². The van der Waals surface area contributed by atoms with Crippen LogP contribution in [0.2, 0.25) is 0 Å². The third-order valence-corrected chi connectivity index (χ3v) is 3.62. The van der Waals surface area contributed by atoms with Gasteiger partial charge in [-0.2, -0.15) is 0 Å². The molecule has 2 heterocycles. The van der Waals surface area contributed by atoms with E-state index in [4.69, 9.17) is 0 Å². The van der Waals surface area contributed by atoms with Crippen molar-refractivity contribution in [2.75, 3.05) is 11.9 Å². The van der Waals surface area contributed by atoms with E-state index in [0.29, 0.717) is 17.9 Å². The second kappa shape index (κ2) is 5.75. The minimum absolute atomic E-state index is 0.0427. The molecule has 0 aliphatic carbocycles. The predicted octanol–water partition coefficient (Wildman–Crippen LogP) is 2.72. The van der Waals surface area contributed by atoms with Crippen molar-refractivity contribution < 1.29 is 4.92 Å². The maximum absolute atomic E-state index is 10.7. The van der Waals surface area contributed by atoms with Gasteiger partial charge in [-0.25, -0.2) is 9.97 Å². The van der Waals surface area contributed by atoms with Gasteiger partial charge in [0.05, 0.1) is 9.93 Å². The van der Waals surface area contributed by atoms with E-state index in [-0.39, 0.29) is 5.69 Å². The molecule has 1 N–H and O–H groups in total. The Kier molecular flexibility index (Phi) is 4.06. The fourth-order valence-electron chi connectivity index (χ4n) is 1.65. The average Bonchev–Trinajstić information content (AvgIpc) is 2.75. The van der Waals surface area contributed by atoms with E-state index in [9.17, 15) is 10.1 Å². The van der Waals surface area contributed by atoms with Crippen LogP contribution in [-0.4, -0.2) is 21.4 Å². The molecule has 6 nitrogen and oxygen atoms in total. The monoisotopic (exact) mass is 278 g/mol. The number of thiazole rings is 1. The first-order valence-corrected chi connectivity index (χ1v) is 6.70. The Morgan fingerprint density at radius 2 is 2.26 bits per heavy atom. The number of hydrogen-bond acceptors (Lipinski definition) is 6. The summed E-state index contributed by atoms with van der Waals surface area (Å²) in [7, 11) is 0. The summed E-state index contributed by atoms with van der Waals surface area (Å²) in [5.41, 5.74) is 1.68. The number of nitrogens with zero attached hydrogens (tertiary/aromatic N) is 3. The van der Waals surface area contributed by atoms with Gasteiger partial charge in [-0.05, 0) is 19.9 Å². The van der Waals surface area contributed by atoms with Crippen molar-refractivity contribution in [3.05, 3.63) is 44.0 Å². The molecule has 0 fully saturated rings. The number of nitro groups is 1. The summed E-state index contributed by atoms with van der Waals surface area (Å²) in [6, 6.07) is 1.69. The van der Waals surface area contributed by atoms with E-state index < -0.39 is 4.92 Å². The molecule has 2 aromatic rings. The number of aromatic nitrogens is 2. The van der Waals surface area contributed by atoms with Gasteiger partial charge in [-0.1, -0.05) is 0 Å². The first-order valence-electron chi connectivity index (χ1n) is 5.82. The molecular weight excluding hydrogens is 264 g/mol. The lowest BCUT2D eigenvalue weighted by atomic mass is 10.2. The molecule has 7 heteroatoms. The van der Waals surface area contributed by atoms with Crippen molar-refractivity contribution in [2.45, 2.75) is 20.3 Å². The zero-order valence-electron chi connectivity index (χ0n) is 10.7. The van der Waals surface area contributed by atoms with Gasteiger partial charge in [0.2, 0.25) is 0 Å². The number of aryl methyl sites for hydroxylation is 2. The van der Waals surface area contributed by atoms with Gasteiger partial charge < -0.3 is 5.32 Å². The Bertz CT molecular complexity index is 597. The van der Waals surface area contributed by atoms with Gasteiger partial charge in [-0.15, -0.1) is 11.3 Å². The predicted molar refractivity (Wildman–Crippen MR) is 74.7 cm³/mol. The summed E-state index contributed by atoms with van der Waals surface area (Å²) in [5, 5.41) is 16.9. The van der Waals surface area contributed by atoms with Crippen LogP contribution in [0.25, 0.3) is 0 Å². The molecule has 0 unspecified atom stereocenters. The van der Waals surface area contributed by atoms with Crippen molar-refractivity contribution in [3.8, 4) is 0 Å². The average molecular weight is 278 g/mol. The van der Waals surface area contributed by atoms with Gasteiger partial charge in [0, 0.05) is 29.6 Å². The molecule has 0 aliphatic heterocycles. The number of rotatable bonds is 5. The van der Waals surface area contributed by atoms with Crippen molar-refractivity contribution in [1.82, 2.24) is 9.97 Å². The first-order chi connectivity index (χ1) is 9.06. The summed E-state index contributed by atoms with van der Waals surface area (Å²) < 4.78 is 0. The molecule has 0 amide bonds. The van der Waals surface area contributed by atoms with E-state index in [1.165, 1.54) is 6.20 Å². The Hall–Kier alpha value is -2.02. The molecule has 0 bridgehead atoms. The molecule has 19 heavy (non-hydrogen) atoms. The summed E-state index contributed by atoms with van der Waals surface area (Å²) in [4.78, 5) is 18.6. The first kappa shape index (κ1) is 13.4. The molecule has 0 aromatic carbocycles. The number of pyridine rings is 1. The van der Waals surface area contributed by atoms with Gasteiger partial charge in [-0.3, -0.25) is 10.1 Å². The second-order valence-electron chi connectivity index (χ2n) is 4.17. The van der Waals surface area contributed by atoms with Gasteiger partial charge in [0.25, 0.3) is 5.69 Å².